The van der Waals surface area contributed by atoms with Gasteiger partial charge in [-0.25, -0.2) is 0 Å². The molecule has 0 aromatic heterocycles. The van der Waals surface area contributed by atoms with Crippen molar-refractivity contribution >= 4 is 5.69 Å². The van der Waals surface area contributed by atoms with Crippen LogP contribution in [0.3, 0.4) is 0 Å². The summed E-state index contributed by atoms with van der Waals surface area (Å²) in [7, 11) is 1.72. The smallest absolute Gasteiger partial charge is 0.120 e. The van der Waals surface area contributed by atoms with Crippen LogP contribution in [0.4, 0.5) is 5.69 Å². The maximum atomic E-state index is 5.33. The summed E-state index contributed by atoms with van der Waals surface area (Å²) in [6.07, 6.45) is 1.22. The van der Waals surface area contributed by atoms with Gasteiger partial charge in [-0.15, -0.1) is 0 Å². The van der Waals surface area contributed by atoms with Gasteiger partial charge in [-0.2, -0.15) is 0 Å². The fourth-order valence-corrected chi connectivity index (χ4v) is 2.70. The molecular formula is C16H26N2O. The minimum absolute atomic E-state index is 0.521. The predicted molar refractivity (Wildman–Crippen MR) is 81.0 cm³/mol. The van der Waals surface area contributed by atoms with Crippen LogP contribution in [-0.4, -0.2) is 32.3 Å². The Labute approximate surface area is 116 Å². The molecule has 1 aliphatic heterocycles. The average molecular weight is 262 g/mol. The number of anilines is 1. The normalized spacial score (nSPS) is 25.2. The molecule has 0 spiro atoms. The second-order valence-corrected chi connectivity index (χ2v) is 5.60. The molecule has 0 saturated carbocycles. The zero-order valence-electron chi connectivity index (χ0n) is 12.5. The zero-order valence-corrected chi connectivity index (χ0v) is 12.5. The molecule has 1 aromatic carbocycles. The summed E-state index contributed by atoms with van der Waals surface area (Å²) in [5.41, 5.74) is 1.27. The van der Waals surface area contributed by atoms with Gasteiger partial charge in [0.1, 0.15) is 5.75 Å². The summed E-state index contributed by atoms with van der Waals surface area (Å²) in [5, 5.41) is 3.67. The molecule has 2 rings (SSSR count). The minimum atomic E-state index is 0.521. The maximum absolute atomic E-state index is 5.33. The predicted octanol–water partition coefficient (Wildman–Crippen LogP) is 2.91. The Kier molecular flexibility index (Phi) is 4.70. The molecule has 19 heavy (non-hydrogen) atoms. The van der Waals surface area contributed by atoms with Crippen molar-refractivity contribution in [2.45, 2.75) is 39.3 Å². The first-order valence-corrected chi connectivity index (χ1v) is 7.29. The van der Waals surface area contributed by atoms with E-state index < -0.39 is 0 Å². The Morgan fingerprint density at radius 1 is 1.47 bits per heavy atom. The van der Waals surface area contributed by atoms with Crippen molar-refractivity contribution in [2.75, 3.05) is 25.1 Å². The largest absolute Gasteiger partial charge is 0.497 e. The second kappa shape index (κ2) is 6.29. The van der Waals surface area contributed by atoms with Gasteiger partial charge < -0.3 is 15.0 Å². The van der Waals surface area contributed by atoms with Crippen molar-refractivity contribution in [1.29, 1.82) is 0 Å². The molecule has 1 aromatic rings. The van der Waals surface area contributed by atoms with Crippen molar-refractivity contribution in [1.82, 2.24) is 5.32 Å². The van der Waals surface area contributed by atoms with E-state index in [1.54, 1.807) is 7.11 Å². The lowest BCUT2D eigenvalue weighted by Crippen LogP contribution is -2.57. The number of rotatable bonds is 4. The quantitative estimate of drug-likeness (QED) is 0.903. The van der Waals surface area contributed by atoms with Crippen LogP contribution in [0, 0.1) is 5.92 Å². The van der Waals surface area contributed by atoms with Gasteiger partial charge in [0.15, 0.2) is 0 Å². The number of benzene rings is 1. The van der Waals surface area contributed by atoms with Crippen LogP contribution in [-0.2, 0) is 0 Å². The van der Waals surface area contributed by atoms with Crippen LogP contribution in [0.15, 0.2) is 24.3 Å². The van der Waals surface area contributed by atoms with E-state index in [0.29, 0.717) is 18.0 Å². The highest BCUT2D eigenvalue weighted by Gasteiger charge is 2.27. The fourth-order valence-electron chi connectivity index (χ4n) is 2.70. The molecule has 0 amide bonds. The highest BCUT2D eigenvalue weighted by Crippen LogP contribution is 2.26. The molecule has 106 valence electrons. The Balaban J connectivity index is 2.16. The number of piperazine rings is 1. The molecule has 3 unspecified atom stereocenters. The Morgan fingerprint density at radius 2 is 2.26 bits per heavy atom. The van der Waals surface area contributed by atoms with Gasteiger partial charge in [0.25, 0.3) is 0 Å². The number of nitrogens with one attached hydrogen (secondary N) is 1. The summed E-state index contributed by atoms with van der Waals surface area (Å²) in [6, 6.07) is 9.48. The number of methoxy groups -OCH3 is 1. The standard InChI is InChI=1S/C16H26N2O/c1-5-12(2)16-11-18(13(3)10-17-16)14-7-6-8-15(9-14)19-4/h6-9,12-13,16-17H,5,10-11H2,1-4H3. The Bertz CT molecular complexity index is 407. The molecule has 3 atom stereocenters. The number of nitrogens with zero attached hydrogens (tertiary/aromatic N) is 1. The van der Waals surface area contributed by atoms with E-state index >= 15 is 0 Å². The van der Waals surface area contributed by atoms with Crippen LogP contribution >= 0.6 is 0 Å². The van der Waals surface area contributed by atoms with Crippen molar-refractivity contribution in [3.63, 3.8) is 0 Å². The molecule has 0 bridgehead atoms. The molecule has 3 nitrogen and oxygen atoms in total. The summed E-state index contributed by atoms with van der Waals surface area (Å²) < 4.78 is 5.33. The lowest BCUT2D eigenvalue weighted by atomic mass is 9.95. The SMILES string of the molecule is CCC(C)C1CN(c2cccc(OC)c2)C(C)CN1. The lowest BCUT2D eigenvalue weighted by molar-refractivity contribution is 0.315. The molecular weight excluding hydrogens is 236 g/mol. The van der Waals surface area contributed by atoms with Crippen molar-refractivity contribution in [3.05, 3.63) is 24.3 Å². The third-order valence-corrected chi connectivity index (χ3v) is 4.32. The van der Waals surface area contributed by atoms with Crippen LogP contribution in [0.2, 0.25) is 0 Å². The highest BCUT2D eigenvalue weighted by molar-refractivity contribution is 5.52. The first-order chi connectivity index (χ1) is 9.15. The Morgan fingerprint density at radius 3 is 2.95 bits per heavy atom. The third kappa shape index (κ3) is 3.21. The number of hydrogen-bond donors (Lipinski definition) is 1. The number of hydrogen-bond acceptors (Lipinski definition) is 3. The van der Waals surface area contributed by atoms with E-state index in [2.05, 4.69) is 49.2 Å². The monoisotopic (exact) mass is 262 g/mol. The van der Waals surface area contributed by atoms with Crippen LogP contribution in [0.5, 0.6) is 5.75 Å². The first kappa shape index (κ1) is 14.2. The highest BCUT2D eigenvalue weighted by atomic mass is 16.5. The van der Waals surface area contributed by atoms with Crippen LogP contribution < -0.4 is 15.0 Å². The van der Waals surface area contributed by atoms with E-state index in [4.69, 9.17) is 4.74 Å². The Hall–Kier alpha value is -1.22. The van der Waals surface area contributed by atoms with Crippen molar-refractivity contribution in [2.24, 2.45) is 5.92 Å². The summed E-state index contributed by atoms with van der Waals surface area (Å²) in [5.74, 6) is 1.64. The molecule has 0 radical (unpaired) electrons. The van der Waals surface area contributed by atoms with E-state index in [9.17, 15) is 0 Å². The van der Waals surface area contributed by atoms with Gasteiger partial charge in [0.05, 0.1) is 7.11 Å². The summed E-state index contributed by atoms with van der Waals surface area (Å²) >= 11 is 0. The summed E-state index contributed by atoms with van der Waals surface area (Å²) in [4.78, 5) is 2.50. The molecule has 1 saturated heterocycles. The average Bonchev–Trinajstić information content (AvgIpc) is 2.47. The van der Waals surface area contributed by atoms with Crippen molar-refractivity contribution < 1.29 is 4.74 Å². The molecule has 1 aliphatic rings. The van der Waals surface area contributed by atoms with E-state index in [1.807, 2.05) is 6.07 Å². The second-order valence-electron chi connectivity index (χ2n) is 5.60. The molecule has 1 fully saturated rings. The van der Waals surface area contributed by atoms with Gasteiger partial charge in [0.2, 0.25) is 0 Å². The topological polar surface area (TPSA) is 24.5 Å². The molecule has 0 aliphatic carbocycles. The maximum Gasteiger partial charge on any atom is 0.120 e. The zero-order chi connectivity index (χ0) is 13.8. The van der Waals surface area contributed by atoms with Gasteiger partial charge in [0, 0.05) is 36.9 Å². The van der Waals surface area contributed by atoms with E-state index in [0.717, 1.165) is 18.8 Å². The van der Waals surface area contributed by atoms with Gasteiger partial charge >= 0.3 is 0 Å². The van der Waals surface area contributed by atoms with Gasteiger partial charge in [-0.1, -0.05) is 26.3 Å². The van der Waals surface area contributed by atoms with Crippen LogP contribution in [0.1, 0.15) is 27.2 Å². The van der Waals surface area contributed by atoms with Crippen LogP contribution in [0.25, 0.3) is 0 Å². The molecule has 1 N–H and O–H groups in total. The van der Waals surface area contributed by atoms with Crippen molar-refractivity contribution in [3.8, 4) is 5.75 Å². The third-order valence-electron chi connectivity index (χ3n) is 4.32. The lowest BCUT2D eigenvalue weighted by Gasteiger charge is -2.42. The van der Waals surface area contributed by atoms with E-state index in [1.165, 1.54) is 12.1 Å². The minimum Gasteiger partial charge on any atom is -0.497 e. The summed E-state index contributed by atoms with van der Waals surface area (Å²) in [6.45, 7) is 8.99. The van der Waals surface area contributed by atoms with E-state index in [-0.39, 0.29) is 0 Å². The molecule has 3 heteroatoms. The molecule has 1 heterocycles. The fraction of sp³-hybridized carbons (Fsp3) is 0.625. The van der Waals surface area contributed by atoms with Gasteiger partial charge in [-0.3, -0.25) is 0 Å². The number of ether oxygens (including phenoxy) is 1. The first-order valence-electron chi connectivity index (χ1n) is 7.29. The van der Waals surface area contributed by atoms with Gasteiger partial charge in [-0.05, 0) is 25.0 Å².